The second-order valence-electron chi connectivity index (χ2n) is 6.91. The second kappa shape index (κ2) is 7.10. The minimum Gasteiger partial charge on any atom is -0.454 e. The first kappa shape index (κ1) is 18.8. The Morgan fingerprint density at radius 2 is 1.89 bits per heavy atom. The average Bonchev–Trinajstić information content (AvgIpc) is 3.27. The van der Waals surface area contributed by atoms with Crippen LogP contribution in [0.2, 0.25) is 0 Å². The SMILES string of the molecule is Cc1noc(C)c1S(=O)(=O)NC1CCN(C(=O)c2ccc3c(c2)OCO3)CC1. The third-order valence-corrected chi connectivity index (χ3v) is 6.72. The Kier molecular flexibility index (Phi) is 4.76. The van der Waals surface area contributed by atoms with Gasteiger partial charge in [-0.3, -0.25) is 4.79 Å². The molecule has 0 aliphatic carbocycles. The molecule has 2 aromatic rings. The zero-order chi connectivity index (χ0) is 19.9. The number of likely N-dealkylation sites (tertiary alicyclic amines) is 1. The first-order valence-electron chi connectivity index (χ1n) is 8.99. The molecule has 1 aromatic carbocycles. The molecule has 0 unspecified atom stereocenters. The summed E-state index contributed by atoms with van der Waals surface area (Å²) in [6.07, 6.45) is 1.05. The predicted molar refractivity (Wildman–Crippen MR) is 97.8 cm³/mol. The van der Waals surface area contributed by atoms with Crippen LogP contribution >= 0.6 is 0 Å². The predicted octanol–water partition coefficient (Wildman–Crippen LogP) is 1.60. The maximum absolute atomic E-state index is 12.7. The molecular formula is C18H21N3O6S. The zero-order valence-electron chi connectivity index (χ0n) is 15.6. The Balaban J connectivity index is 1.39. The topological polar surface area (TPSA) is 111 Å². The van der Waals surface area contributed by atoms with Crippen LogP contribution in [-0.2, 0) is 10.0 Å². The summed E-state index contributed by atoms with van der Waals surface area (Å²) in [5, 5.41) is 3.70. The lowest BCUT2D eigenvalue weighted by atomic mass is 10.0. The highest BCUT2D eigenvalue weighted by molar-refractivity contribution is 7.89. The molecule has 1 fully saturated rings. The van der Waals surface area contributed by atoms with E-state index >= 15 is 0 Å². The fourth-order valence-electron chi connectivity index (χ4n) is 3.55. The molecule has 4 rings (SSSR count). The number of aryl methyl sites for hydroxylation is 2. The Morgan fingerprint density at radius 1 is 1.18 bits per heavy atom. The van der Waals surface area contributed by atoms with Crippen molar-refractivity contribution in [3.63, 3.8) is 0 Å². The molecule has 2 aliphatic rings. The molecule has 2 aliphatic heterocycles. The monoisotopic (exact) mass is 407 g/mol. The van der Waals surface area contributed by atoms with Crippen molar-refractivity contribution < 1.29 is 27.2 Å². The number of sulfonamides is 1. The number of ether oxygens (including phenoxy) is 2. The van der Waals surface area contributed by atoms with Gasteiger partial charge in [0.1, 0.15) is 10.6 Å². The number of nitrogens with one attached hydrogen (secondary N) is 1. The van der Waals surface area contributed by atoms with Gasteiger partial charge in [0.05, 0.1) is 0 Å². The van der Waals surface area contributed by atoms with Crippen molar-refractivity contribution >= 4 is 15.9 Å². The van der Waals surface area contributed by atoms with Gasteiger partial charge >= 0.3 is 0 Å². The molecule has 0 bridgehead atoms. The highest BCUT2D eigenvalue weighted by Gasteiger charge is 2.30. The van der Waals surface area contributed by atoms with Crippen molar-refractivity contribution in [2.45, 2.75) is 37.6 Å². The fourth-order valence-corrected chi connectivity index (χ4v) is 5.18. The number of nitrogens with zero attached hydrogens (tertiary/aromatic N) is 2. The van der Waals surface area contributed by atoms with E-state index in [0.717, 1.165) is 0 Å². The summed E-state index contributed by atoms with van der Waals surface area (Å²) in [6, 6.07) is 4.86. The Hall–Kier alpha value is -2.59. The molecule has 1 N–H and O–H groups in total. The first-order valence-corrected chi connectivity index (χ1v) is 10.5. The lowest BCUT2D eigenvalue weighted by Gasteiger charge is -2.32. The van der Waals surface area contributed by atoms with Gasteiger partial charge in [-0.15, -0.1) is 0 Å². The third-order valence-electron chi connectivity index (χ3n) is 4.96. The maximum Gasteiger partial charge on any atom is 0.253 e. The van der Waals surface area contributed by atoms with E-state index in [2.05, 4.69) is 9.88 Å². The minimum atomic E-state index is -3.71. The number of aromatic nitrogens is 1. The number of amides is 1. The first-order chi connectivity index (χ1) is 13.3. The van der Waals surface area contributed by atoms with E-state index < -0.39 is 10.0 Å². The number of carbonyl (C=O) groups is 1. The van der Waals surface area contributed by atoms with E-state index in [-0.39, 0.29) is 29.4 Å². The zero-order valence-corrected chi connectivity index (χ0v) is 16.4. The molecule has 0 saturated carbocycles. The van der Waals surface area contributed by atoms with Crippen LogP contribution in [0.4, 0.5) is 0 Å². The lowest BCUT2D eigenvalue weighted by Crippen LogP contribution is -2.46. The van der Waals surface area contributed by atoms with Gasteiger partial charge in [0.2, 0.25) is 16.8 Å². The highest BCUT2D eigenvalue weighted by Crippen LogP contribution is 2.33. The number of hydrogen-bond donors (Lipinski definition) is 1. The largest absolute Gasteiger partial charge is 0.454 e. The van der Waals surface area contributed by atoms with Crippen molar-refractivity contribution in [2.24, 2.45) is 0 Å². The van der Waals surface area contributed by atoms with Crippen LogP contribution in [0, 0.1) is 13.8 Å². The van der Waals surface area contributed by atoms with Crippen molar-refractivity contribution in [1.82, 2.24) is 14.8 Å². The number of hydrogen-bond acceptors (Lipinski definition) is 7. The van der Waals surface area contributed by atoms with Crippen LogP contribution in [0.1, 0.15) is 34.7 Å². The molecule has 28 heavy (non-hydrogen) atoms. The number of fused-ring (bicyclic) bond motifs is 1. The van der Waals surface area contributed by atoms with Crippen molar-refractivity contribution in [1.29, 1.82) is 0 Å². The summed E-state index contributed by atoms with van der Waals surface area (Å²) in [5.41, 5.74) is 0.861. The molecule has 0 radical (unpaired) electrons. The number of benzene rings is 1. The summed E-state index contributed by atoms with van der Waals surface area (Å²) in [7, 11) is -3.71. The molecule has 1 saturated heterocycles. The van der Waals surface area contributed by atoms with Crippen LogP contribution in [0.25, 0.3) is 0 Å². The molecule has 10 heteroatoms. The van der Waals surface area contributed by atoms with Gasteiger partial charge < -0.3 is 18.9 Å². The normalized spacial score (nSPS) is 17.1. The Labute approximate surface area is 162 Å². The van der Waals surface area contributed by atoms with Crippen molar-refractivity contribution in [3.05, 3.63) is 35.2 Å². The summed E-state index contributed by atoms with van der Waals surface area (Å²) < 4.78 is 43.5. The average molecular weight is 407 g/mol. The van der Waals surface area contributed by atoms with Crippen molar-refractivity contribution in [2.75, 3.05) is 19.9 Å². The standard InChI is InChI=1S/C18H21N3O6S/c1-11-17(12(2)27-19-11)28(23,24)20-14-5-7-21(8-6-14)18(22)13-3-4-15-16(9-13)26-10-25-15/h3-4,9,14,20H,5-8,10H2,1-2H3. The van der Waals surface area contributed by atoms with Gasteiger partial charge in [0, 0.05) is 24.7 Å². The van der Waals surface area contributed by atoms with Gasteiger partial charge in [0.25, 0.3) is 5.91 Å². The van der Waals surface area contributed by atoms with E-state index in [4.69, 9.17) is 14.0 Å². The van der Waals surface area contributed by atoms with Crippen LogP contribution < -0.4 is 14.2 Å². The lowest BCUT2D eigenvalue weighted by molar-refractivity contribution is 0.0711. The number of carbonyl (C=O) groups excluding carboxylic acids is 1. The van der Waals surface area contributed by atoms with Crippen LogP contribution in [0.3, 0.4) is 0 Å². The van der Waals surface area contributed by atoms with Crippen LogP contribution in [0.15, 0.2) is 27.6 Å². The Morgan fingerprint density at radius 3 is 2.57 bits per heavy atom. The number of piperidine rings is 1. The van der Waals surface area contributed by atoms with Gasteiger partial charge in [-0.25, -0.2) is 13.1 Å². The molecule has 0 atom stereocenters. The Bertz CT molecular complexity index is 989. The van der Waals surface area contributed by atoms with Gasteiger partial charge in [0.15, 0.2) is 17.3 Å². The third kappa shape index (κ3) is 3.45. The van der Waals surface area contributed by atoms with E-state index in [1.807, 2.05) is 0 Å². The van der Waals surface area contributed by atoms with Gasteiger partial charge in [-0.1, -0.05) is 5.16 Å². The maximum atomic E-state index is 12.7. The quantitative estimate of drug-likeness (QED) is 0.819. The van der Waals surface area contributed by atoms with E-state index in [1.54, 1.807) is 36.9 Å². The van der Waals surface area contributed by atoms with E-state index in [1.165, 1.54) is 0 Å². The summed E-state index contributed by atoms with van der Waals surface area (Å²) in [6.45, 7) is 4.24. The van der Waals surface area contributed by atoms with Gasteiger partial charge in [-0.2, -0.15) is 0 Å². The summed E-state index contributed by atoms with van der Waals surface area (Å²) >= 11 is 0. The summed E-state index contributed by atoms with van der Waals surface area (Å²) in [4.78, 5) is 14.5. The van der Waals surface area contributed by atoms with Crippen LogP contribution in [0.5, 0.6) is 11.5 Å². The minimum absolute atomic E-state index is 0.0892. The molecule has 3 heterocycles. The van der Waals surface area contributed by atoms with Crippen molar-refractivity contribution in [3.8, 4) is 11.5 Å². The van der Waals surface area contributed by atoms with Crippen LogP contribution in [-0.4, -0.2) is 50.3 Å². The van der Waals surface area contributed by atoms with E-state index in [9.17, 15) is 13.2 Å². The molecule has 1 amide bonds. The highest BCUT2D eigenvalue weighted by atomic mass is 32.2. The smallest absolute Gasteiger partial charge is 0.253 e. The van der Waals surface area contributed by atoms with Gasteiger partial charge in [-0.05, 0) is 44.9 Å². The molecule has 9 nitrogen and oxygen atoms in total. The van der Waals surface area contributed by atoms with E-state index in [0.29, 0.717) is 48.7 Å². The molecule has 1 aromatic heterocycles. The number of rotatable bonds is 4. The second-order valence-corrected chi connectivity index (χ2v) is 8.56. The summed E-state index contributed by atoms with van der Waals surface area (Å²) in [5.74, 6) is 1.35. The fraction of sp³-hybridized carbons (Fsp3) is 0.444. The molecular weight excluding hydrogens is 386 g/mol. The molecule has 0 spiro atoms. The molecule has 150 valence electrons.